The minimum absolute atomic E-state index is 0.0613. The minimum atomic E-state index is -0.525. The molecule has 2 amide bonds. The summed E-state index contributed by atoms with van der Waals surface area (Å²) in [5.41, 5.74) is 3.58. The molecule has 0 aliphatic carbocycles. The predicted octanol–water partition coefficient (Wildman–Crippen LogP) is 4.11. The van der Waals surface area contributed by atoms with Crippen LogP contribution in [0, 0.1) is 25.5 Å². The van der Waals surface area contributed by atoms with Crippen molar-refractivity contribution < 1.29 is 18.4 Å². The summed E-state index contributed by atoms with van der Waals surface area (Å²) in [6.45, 7) is 3.56. The molecule has 0 fully saturated rings. The van der Waals surface area contributed by atoms with Gasteiger partial charge in [-0.05, 0) is 55.3 Å². The molecule has 1 aliphatic rings. The second-order valence-corrected chi connectivity index (χ2v) is 7.87. The van der Waals surface area contributed by atoms with E-state index in [1.807, 2.05) is 6.92 Å². The largest absolute Gasteiger partial charge is 0.332 e. The number of nitrogens with zero attached hydrogens (tertiary/aromatic N) is 2. The summed E-state index contributed by atoms with van der Waals surface area (Å²) in [6, 6.07) is 10.4. The van der Waals surface area contributed by atoms with Crippen LogP contribution in [-0.2, 0) is 16.6 Å². The van der Waals surface area contributed by atoms with Gasteiger partial charge in [0, 0.05) is 48.1 Å². The Morgan fingerprint density at radius 2 is 1.88 bits per heavy atom. The molecular formula is C24H22F2N4O2. The highest BCUT2D eigenvalue weighted by atomic mass is 19.1. The predicted molar refractivity (Wildman–Crippen MR) is 117 cm³/mol. The van der Waals surface area contributed by atoms with Gasteiger partial charge in [0.25, 0.3) is 5.91 Å². The Kier molecular flexibility index (Phi) is 5.61. The van der Waals surface area contributed by atoms with Gasteiger partial charge in [0.15, 0.2) is 0 Å². The maximum Gasteiger partial charge on any atom is 0.253 e. The molecule has 1 aliphatic heterocycles. The number of carbonyl (C=O) groups is 2. The lowest BCUT2D eigenvalue weighted by Crippen LogP contribution is -2.32. The van der Waals surface area contributed by atoms with Gasteiger partial charge in [-0.1, -0.05) is 12.1 Å². The summed E-state index contributed by atoms with van der Waals surface area (Å²) in [6.07, 6.45) is 1.43. The molecule has 8 heteroatoms. The Bertz CT molecular complexity index is 1230. The SMILES string of the molecule is Cc1cc(F)c(-c2cc(C)n(C)n2)cc1NC(=O)C1=CNC(=O)CC1c1ccc(F)cc1. The molecule has 1 unspecified atom stereocenters. The Balaban J connectivity index is 1.65. The van der Waals surface area contributed by atoms with E-state index in [1.165, 1.54) is 24.4 Å². The van der Waals surface area contributed by atoms with Crippen LogP contribution in [0.3, 0.4) is 0 Å². The first kappa shape index (κ1) is 21.4. The molecule has 0 saturated heterocycles. The van der Waals surface area contributed by atoms with Gasteiger partial charge in [0.1, 0.15) is 11.6 Å². The molecule has 2 N–H and O–H groups in total. The molecule has 1 atom stereocenters. The van der Waals surface area contributed by atoms with Gasteiger partial charge in [0.2, 0.25) is 5.91 Å². The lowest BCUT2D eigenvalue weighted by Gasteiger charge is -2.24. The third-order valence-electron chi connectivity index (χ3n) is 5.64. The second kappa shape index (κ2) is 8.37. The number of benzene rings is 2. The van der Waals surface area contributed by atoms with Crippen LogP contribution in [-0.4, -0.2) is 21.6 Å². The van der Waals surface area contributed by atoms with Crippen LogP contribution in [0.25, 0.3) is 11.3 Å². The van der Waals surface area contributed by atoms with E-state index in [9.17, 15) is 18.4 Å². The first-order valence-electron chi connectivity index (χ1n) is 10.1. The van der Waals surface area contributed by atoms with Gasteiger partial charge < -0.3 is 10.6 Å². The standard InChI is InChI=1S/C24H22F2N4O2/c1-13-8-20(26)18(22-9-14(2)30(3)29-22)10-21(13)28-24(32)19-12-27-23(31)11-17(19)15-4-6-16(25)7-5-15/h4-10,12,17H,11H2,1-3H3,(H,27,31)(H,28,32). The summed E-state index contributed by atoms with van der Waals surface area (Å²) in [4.78, 5) is 25.1. The van der Waals surface area contributed by atoms with Crippen molar-refractivity contribution in [1.82, 2.24) is 15.1 Å². The molecule has 2 aromatic carbocycles. The number of carbonyl (C=O) groups excluding carboxylic acids is 2. The fourth-order valence-corrected chi connectivity index (χ4v) is 3.72. The van der Waals surface area contributed by atoms with E-state index >= 15 is 0 Å². The highest BCUT2D eigenvalue weighted by molar-refractivity contribution is 6.07. The van der Waals surface area contributed by atoms with Crippen LogP contribution in [0.4, 0.5) is 14.5 Å². The maximum absolute atomic E-state index is 14.7. The van der Waals surface area contributed by atoms with Gasteiger partial charge in [-0.25, -0.2) is 8.78 Å². The zero-order valence-corrected chi connectivity index (χ0v) is 17.9. The second-order valence-electron chi connectivity index (χ2n) is 7.87. The van der Waals surface area contributed by atoms with Gasteiger partial charge in [-0.3, -0.25) is 14.3 Å². The normalized spacial score (nSPS) is 15.8. The van der Waals surface area contributed by atoms with Crippen molar-refractivity contribution in [3.8, 4) is 11.3 Å². The van der Waals surface area contributed by atoms with Crippen LogP contribution >= 0.6 is 0 Å². The van der Waals surface area contributed by atoms with Crippen molar-refractivity contribution in [2.24, 2.45) is 7.05 Å². The highest BCUT2D eigenvalue weighted by Crippen LogP contribution is 2.33. The van der Waals surface area contributed by atoms with Crippen molar-refractivity contribution in [2.45, 2.75) is 26.2 Å². The van der Waals surface area contributed by atoms with E-state index in [0.717, 1.165) is 5.69 Å². The quantitative estimate of drug-likeness (QED) is 0.646. The minimum Gasteiger partial charge on any atom is -0.332 e. The monoisotopic (exact) mass is 436 g/mol. The van der Waals surface area contributed by atoms with Gasteiger partial charge in [-0.2, -0.15) is 5.10 Å². The number of aryl methyl sites for hydroxylation is 3. The van der Waals surface area contributed by atoms with Gasteiger partial charge in [-0.15, -0.1) is 0 Å². The van der Waals surface area contributed by atoms with Gasteiger partial charge in [0.05, 0.1) is 5.69 Å². The van der Waals surface area contributed by atoms with E-state index in [4.69, 9.17) is 0 Å². The molecular weight excluding hydrogens is 414 g/mol. The molecule has 1 aromatic heterocycles. The van der Waals surface area contributed by atoms with Crippen LogP contribution in [0.15, 0.2) is 54.2 Å². The molecule has 2 heterocycles. The van der Waals surface area contributed by atoms with E-state index in [-0.39, 0.29) is 17.9 Å². The number of rotatable bonds is 4. The zero-order chi connectivity index (χ0) is 23.0. The van der Waals surface area contributed by atoms with E-state index < -0.39 is 23.5 Å². The molecule has 0 bridgehead atoms. The average molecular weight is 436 g/mol. The Labute approximate surface area is 183 Å². The molecule has 32 heavy (non-hydrogen) atoms. The Hall–Kier alpha value is -3.81. The third kappa shape index (κ3) is 4.16. The highest BCUT2D eigenvalue weighted by Gasteiger charge is 2.29. The molecule has 0 spiro atoms. The van der Waals surface area contributed by atoms with Crippen molar-refractivity contribution in [3.63, 3.8) is 0 Å². The molecule has 0 radical (unpaired) electrons. The molecule has 4 rings (SSSR count). The van der Waals surface area contributed by atoms with Crippen LogP contribution in [0.1, 0.15) is 29.2 Å². The fourth-order valence-electron chi connectivity index (χ4n) is 3.72. The molecule has 0 saturated carbocycles. The van der Waals surface area contributed by atoms with Crippen LogP contribution in [0.5, 0.6) is 0 Å². The van der Waals surface area contributed by atoms with Crippen molar-refractivity contribution in [3.05, 3.63) is 82.7 Å². The molecule has 6 nitrogen and oxygen atoms in total. The number of hydrogen-bond donors (Lipinski definition) is 2. The van der Waals surface area contributed by atoms with E-state index in [0.29, 0.717) is 28.1 Å². The average Bonchev–Trinajstić information content (AvgIpc) is 3.08. The number of nitrogens with one attached hydrogen (secondary N) is 2. The summed E-state index contributed by atoms with van der Waals surface area (Å²) in [5, 5.41) is 9.72. The zero-order valence-electron chi connectivity index (χ0n) is 17.9. The summed E-state index contributed by atoms with van der Waals surface area (Å²) >= 11 is 0. The van der Waals surface area contributed by atoms with Crippen molar-refractivity contribution in [1.29, 1.82) is 0 Å². The van der Waals surface area contributed by atoms with Crippen molar-refractivity contribution in [2.75, 3.05) is 5.32 Å². The summed E-state index contributed by atoms with van der Waals surface area (Å²) in [7, 11) is 1.77. The van der Waals surface area contributed by atoms with E-state index in [2.05, 4.69) is 15.7 Å². The van der Waals surface area contributed by atoms with Crippen LogP contribution < -0.4 is 10.6 Å². The number of halogens is 2. The third-order valence-corrected chi connectivity index (χ3v) is 5.64. The fraction of sp³-hybridized carbons (Fsp3) is 0.208. The number of anilines is 1. The summed E-state index contributed by atoms with van der Waals surface area (Å²) < 4.78 is 29.6. The first-order valence-corrected chi connectivity index (χ1v) is 10.1. The Morgan fingerprint density at radius 3 is 2.53 bits per heavy atom. The number of hydrogen-bond acceptors (Lipinski definition) is 3. The number of amides is 2. The lowest BCUT2D eigenvalue weighted by molar-refractivity contribution is -0.121. The maximum atomic E-state index is 14.7. The molecule has 3 aromatic rings. The Morgan fingerprint density at radius 1 is 1.16 bits per heavy atom. The van der Waals surface area contributed by atoms with Crippen LogP contribution in [0.2, 0.25) is 0 Å². The smallest absolute Gasteiger partial charge is 0.253 e. The topological polar surface area (TPSA) is 76.0 Å². The van der Waals surface area contributed by atoms with Crippen molar-refractivity contribution >= 4 is 17.5 Å². The summed E-state index contributed by atoms with van der Waals surface area (Å²) in [5.74, 6) is -2.03. The number of aromatic nitrogens is 2. The lowest BCUT2D eigenvalue weighted by atomic mass is 9.86. The van der Waals surface area contributed by atoms with Gasteiger partial charge >= 0.3 is 0 Å². The van der Waals surface area contributed by atoms with E-state index in [1.54, 1.807) is 42.9 Å². The first-order chi connectivity index (χ1) is 15.2. The molecule has 164 valence electrons.